The summed E-state index contributed by atoms with van der Waals surface area (Å²) in [6.07, 6.45) is 3.44. The number of rotatable bonds is 3. The van der Waals surface area contributed by atoms with Crippen LogP contribution in [0.1, 0.15) is 40.0 Å². The molecule has 2 fully saturated rings. The third kappa shape index (κ3) is 1.85. The van der Waals surface area contributed by atoms with Gasteiger partial charge in [0.2, 0.25) is 0 Å². The highest BCUT2D eigenvalue weighted by Crippen LogP contribution is 2.66. The zero-order valence-electron chi connectivity index (χ0n) is 10.7. The number of thioether (sulfide) groups is 1. The van der Waals surface area contributed by atoms with Crippen LogP contribution in [0.3, 0.4) is 0 Å². The van der Waals surface area contributed by atoms with Gasteiger partial charge in [0.1, 0.15) is 17.3 Å². The van der Waals surface area contributed by atoms with Crippen LogP contribution in [-0.2, 0) is 9.53 Å². The SMILES string of the molecule is CC1(C)[C@@H]2CC[C@]1(C)[C@H](OC(=O)CSC#N)C2. The van der Waals surface area contributed by atoms with Crippen molar-refractivity contribution in [3.8, 4) is 5.40 Å². The van der Waals surface area contributed by atoms with Gasteiger partial charge in [-0.05, 0) is 42.4 Å². The Morgan fingerprint density at radius 3 is 2.71 bits per heavy atom. The van der Waals surface area contributed by atoms with E-state index in [1.54, 1.807) is 0 Å². The van der Waals surface area contributed by atoms with E-state index in [1.807, 2.05) is 5.40 Å². The summed E-state index contributed by atoms with van der Waals surface area (Å²) in [5.74, 6) is 0.578. The Morgan fingerprint density at radius 2 is 2.24 bits per heavy atom. The summed E-state index contributed by atoms with van der Waals surface area (Å²) in [4.78, 5) is 11.6. The highest BCUT2D eigenvalue weighted by molar-refractivity contribution is 8.04. The fourth-order valence-electron chi connectivity index (χ4n) is 3.59. The van der Waals surface area contributed by atoms with Gasteiger partial charge in [-0.15, -0.1) is 0 Å². The molecule has 2 aliphatic carbocycles. The molecule has 0 aromatic heterocycles. The molecule has 0 aromatic rings. The second-order valence-electron chi connectivity index (χ2n) is 5.97. The lowest BCUT2D eigenvalue weighted by Gasteiger charge is -2.38. The molecule has 3 nitrogen and oxygen atoms in total. The number of esters is 1. The van der Waals surface area contributed by atoms with Gasteiger partial charge in [-0.1, -0.05) is 20.8 Å². The van der Waals surface area contributed by atoms with E-state index in [0.29, 0.717) is 5.92 Å². The Bertz CT molecular complexity index is 374. The molecule has 2 bridgehead atoms. The molecule has 17 heavy (non-hydrogen) atoms. The van der Waals surface area contributed by atoms with Crippen molar-refractivity contribution in [1.82, 2.24) is 0 Å². The molecular formula is C13H19NO2S. The Kier molecular flexibility index (Phi) is 3.15. The molecule has 0 N–H and O–H groups in total. The Balaban J connectivity index is 2.01. The topological polar surface area (TPSA) is 50.1 Å². The lowest BCUT2D eigenvalue weighted by atomic mass is 9.70. The van der Waals surface area contributed by atoms with Crippen LogP contribution in [-0.4, -0.2) is 17.8 Å². The highest BCUT2D eigenvalue weighted by atomic mass is 32.2. The Labute approximate surface area is 107 Å². The smallest absolute Gasteiger partial charge is 0.317 e. The van der Waals surface area contributed by atoms with Crippen molar-refractivity contribution in [3.63, 3.8) is 0 Å². The van der Waals surface area contributed by atoms with Gasteiger partial charge in [-0.3, -0.25) is 4.79 Å². The van der Waals surface area contributed by atoms with E-state index in [2.05, 4.69) is 20.8 Å². The summed E-state index contributed by atoms with van der Waals surface area (Å²) in [7, 11) is 0. The van der Waals surface area contributed by atoms with Crippen molar-refractivity contribution in [1.29, 1.82) is 5.26 Å². The molecular weight excluding hydrogens is 234 g/mol. The molecule has 0 unspecified atom stereocenters. The second-order valence-corrected chi connectivity index (χ2v) is 6.73. The largest absolute Gasteiger partial charge is 0.461 e. The third-order valence-electron chi connectivity index (χ3n) is 5.24. The molecule has 2 saturated carbocycles. The Hall–Kier alpha value is -0.690. The molecule has 0 spiro atoms. The van der Waals surface area contributed by atoms with E-state index in [1.165, 1.54) is 6.42 Å². The number of hydrogen-bond donors (Lipinski definition) is 0. The summed E-state index contributed by atoms with van der Waals surface area (Å²) < 4.78 is 5.58. The fraction of sp³-hybridized carbons (Fsp3) is 0.846. The number of ether oxygens (including phenoxy) is 1. The lowest BCUT2D eigenvalue weighted by Crippen LogP contribution is -2.38. The van der Waals surface area contributed by atoms with E-state index in [9.17, 15) is 4.79 Å². The molecule has 3 atom stereocenters. The summed E-state index contributed by atoms with van der Waals surface area (Å²) in [6, 6.07) is 0. The van der Waals surface area contributed by atoms with Gasteiger partial charge in [0.05, 0.1) is 0 Å². The highest BCUT2D eigenvalue weighted by Gasteiger charge is 2.62. The molecule has 2 rings (SSSR count). The maximum Gasteiger partial charge on any atom is 0.317 e. The summed E-state index contributed by atoms with van der Waals surface area (Å²) >= 11 is 0.949. The number of nitriles is 1. The van der Waals surface area contributed by atoms with E-state index < -0.39 is 0 Å². The van der Waals surface area contributed by atoms with Crippen LogP contribution in [0.2, 0.25) is 0 Å². The lowest BCUT2D eigenvalue weighted by molar-refractivity contribution is -0.153. The number of fused-ring (bicyclic) bond motifs is 2. The van der Waals surface area contributed by atoms with Crippen LogP contribution in [0.4, 0.5) is 0 Å². The first-order valence-electron chi connectivity index (χ1n) is 6.12. The molecule has 4 heteroatoms. The summed E-state index contributed by atoms with van der Waals surface area (Å²) in [6.45, 7) is 6.83. The standard InChI is InChI=1S/C13H19NO2S/c1-12(2)9-4-5-13(12,3)10(6-9)16-11(15)7-17-8-14/h9-10H,4-7H2,1-3H3/t9-,10-,13-/m1/s1. The molecule has 0 amide bonds. The van der Waals surface area contributed by atoms with Crippen LogP contribution in [0.25, 0.3) is 0 Å². The van der Waals surface area contributed by atoms with Gasteiger partial charge >= 0.3 is 5.97 Å². The van der Waals surface area contributed by atoms with E-state index in [-0.39, 0.29) is 28.7 Å². The van der Waals surface area contributed by atoms with Crippen LogP contribution in [0, 0.1) is 27.4 Å². The fourth-order valence-corrected chi connectivity index (χ4v) is 3.84. The zero-order chi connectivity index (χ0) is 12.7. The minimum Gasteiger partial charge on any atom is -0.461 e. The van der Waals surface area contributed by atoms with Crippen molar-refractivity contribution >= 4 is 17.7 Å². The predicted molar refractivity (Wildman–Crippen MR) is 67.2 cm³/mol. The minimum atomic E-state index is -0.244. The molecule has 0 aromatic carbocycles. The van der Waals surface area contributed by atoms with Crippen LogP contribution in [0.15, 0.2) is 0 Å². The van der Waals surface area contributed by atoms with E-state index in [4.69, 9.17) is 10.00 Å². The normalized spacial score (nSPS) is 37.8. The van der Waals surface area contributed by atoms with E-state index >= 15 is 0 Å². The predicted octanol–water partition coefficient (Wildman–Crippen LogP) is 2.96. The molecule has 0 heterocycles. The first-order chi connectivity index (χ1) is 7.91. The molecule has 0 radical (unpaired) electrons. The summed E-state index contributed by atoms with van der Waals surface area (Å²) in [5, 5.41) is 10.3. The van der Waals surface area contributed by atoms with E-state index in [0.717, 1.165) is 24.6 Å². The van der Waals surface area contributed by atoms with Crippen LogP contribution < -0.4 is 0 Å². The average Bonchev–Trinajstić information content (AvgIpc) is 2.59. The average molecular weight is 253 g/mol. The van der Waals surface area contributed by atoms with Crippen molar-refractivity contribution in [3.05, 3.63) is 0 Å². The number of hydrogen-bond acceptors (Lipinski definition) is 4. The zero-order valence-corrected chi connectivity index (χ0v) is 11.5. The molecule has 2 aliphatic rings. The third-order valence-corrected chi connectivity index (χ3v) is 5.75. The monoisotopic (exact) mass is 253 g/mol. The molecule has 94 valence electrons. The molecule has 0 saturated heterocycles. The van der Waals surface area contributed by atoms with Gasteiger partial charge in [-0.2, -0.15) is 5.26 Å². The first kappa shape index (κ1) is 12.8. The van der Waals surface area contributed by atoms with Crippen molar-refractivity contribution in [2.45, 2.75) is 46.1 Å². The van der Waals surface area contributed by atoms with Crippen molar-refractivity contribution in [2.24, 2.45) is 16.7 Å². The van der Waals surface area contributed by atoms with Crippen molar-refractivity contribution < 1.29 is 9.53 Å². The number of nitrogens with zero attached hydrogens (tertiary/aromatic N) is 1. The maximum atomic E-state index is 11.6. The van der Waals surface area contributed by atoms with Gasteiger partial charge in [0.15, 0.2) is 0 Å². The van der Waals surface area contributed by atoms with Gasteiger partial charge in [0, 0.05) is 5.41 Å². The number of thiocyanates is 1. The van der Waals surface area contributed by atoms with Crippen LogP contribution in [0.5, 0.6) is 0 Å². The number of carbonyl (C=O) groups excluding carboxylic acids is 1. The van der Waals surface area contributed by atoms with Gasteiger partial charge in [0.25, 0.3) is 0 Å². The quantitative estimate of drug-likeness (QED) is 0.573. The van der Waals surface area contributed by atoms with Gasteiger partial charge in [-0.25, -0.2) is 0 Å². The Morgan fingerprint density at radius 1 is 1.53 bits per heavy atom. The maximum absolute atomic E-state index is 11.6. The minimum absolute atomic E-state index is 0.0445. The summed E-state index contributed by atoms with van der Waals surface area (Å²) in [5.41, 5.74) is 0.380. The first-order valence-corrected chi connectivity index (χ1v) is 7.11. The van der Waals surface area contributed by atoms with Crippen LogP contribution >= 0.6 is 11.8 Å². The second kappa shape index (κ2) is 4.20. The number of carbonyl (C=O) groups is 1. The van der Waals surface area contributed by atoms with Crippen molar-refractivity contribution in [2.75, 3.05) is 5.75 Å². The molecule has 0 aliphatic heterocycles. The van der Waals surface area contributed by atoms with Gasteiger partial charge < -0.3 is 4.74 Å².